The number of aromatic carboxylic acids is 1. The Kier molecular flexibility index (Phi) is 12.7. The molecule has 1 aromatic heterocycles. The number of para-hydroxylation sites is 2. The number of rotatable bonds is 17. The molecule has 0 aliphatic rings. The number of carboxylic acid groups (broad SMARTS) is 1. The van der Waals surface area contributed by atoms with E-state index >= 15 is 0 Å². The number of aromatic nitrogens is 1. The highest BCUT2D eigenvalue weighted by atomic mass is 16.5. The molecule has 2 rings (SSSR count). The molecule has 2 aromatic rings. The lowest BCUT2D eigenvalue weighted by molar-refractivity contribution is 0.0691. The minimum Gasteiger partial charge on any atom is -0.491 e. The zero-order chi connectivity index (χ0) is 23.7. The highest BCUT2D eigenvalue weighted by Crippen LogP contribution is 2.25. The molecule has 6 nitrogen and oxygen atoms in total. The van der Waals surface area contributed by atoms with Gasteiger partial charge in [0.15, 0.2) is 0 Å². The van der Waals surface area contributed by atoms with Crippen LogP contribution in [0.4, 0.5) is 5.69 Å². The number of nitrogens with one attached hydrogen (secondary N) is 1. The van der Waals surface area contributed by atoms with E-state index in [4.69, 9.17) is 4.74 Å². The summed E-state index contributed by atoms with van der Waals surface area (Å²) >= 11 is 0. The topological polar surface area (TPSA) is 88.5 Å². The average molecular weight is 455 g/mol. The zero-order valence-corrected chi connectivity index (χ0v) is 19.9. The molecule has 0 saturated heterocycles. The van der Waals surface area contributed by atoms with E-state index in [1.807, 2.05) is 6.07 Å². The fourth-order valence-corrected chi connectivity index (χ4v) is 3.76. The summed E-state index contributed by atoms with van der Waals surface area (Å²) in [5, 5.41) is 12.0. The van der Waals surface area contributed by atoms with E-state index in [9.17, 15) is 14.7 Å². The number of benzene rings is 1. The largest absolute Gasteiger partial charge is 0.491 e. The van der Waals surface area contributed by atoms with Gasteiger partial charge in [-0.1, -0.05) is 89.7 Å². The highest BCUT2D eigenvalue weighted by molar-refractivity contribution is 6.09. The SMILES string of the molecule is CCCCCCCCCCCCCCOc1ccccc1NC(=O)c1ncccc1C(=O)O. The quantitative estimate of drug-likeness (QED) is 0.249. The van der Waals surface area contributed by atoms with E-state index in [1.54, 1.807) is 18.2 Å². The predicted octanol–water partition coefficient (Wildman–Crippen LogP) is 7.11. The normalized spacial score (nSPS) is 10.7. The van der Waals surface area contributed by atoms with Gasteiger partial charge < -0.3 is 15.2 Å². The van der Waals surface area contributed by atoms with Crippen molar-refractivity contribution in [3.8, 4) is 5.75 Å². The van der Waals surface area contributed by atoms with Crippen LogP contribution in [0.1, 0.15) is 105 Å². The van der Waals surface area contributed by atoms with E-state index < -0.39 is 11.9 Å². The maximum Gasteiger partial charge on any atom is 0.338 e. The van der Waals surface area contributed by atoms with Crippen molar-refractivity contribution < 1.29 is 19.4 Å². The number of unbranched alkanes of at least 4 members (excludes halogenated alkanes) is 11. The first kappa shape index (κ1) is 26.4. The summed E-state index contributed by atoms with van der Waals surface area (Å²) in [5.74, 6) is -1.19. The average Bonchev–Trinajstić information content (AvgIpc) is 2.83. The van der Waals surface area contributed by atoms with E-state index in [2.05, 4.69) is 17.2 Å². The number of anilines is 1. The van der Waals surface area contributed by atoms with Crippen LogP contribution in [0.3, 0.4) is 0 Å². The van der Waals surface area contributed by atoms with Crippen LogP contribution in [0.25, 0.3) is 0 Å². The molecule has 33 heavy (non-hydrogen) atoms. The monoisotopic (exact) mass is 454 g/mol. The molecular weight excluding hydrogens is 416 g/mol. The summed E-state index contributed by atoms with van der Waals surface area (Å²) in [6, 6.07) is 10.0. The lowest BCUT2D eigenvalue weighted by Crippen LogP contribution is -2.18. The second-order valence-electron chi connectivity index (χ2n) is 8.39. The van der Waals surface area contributed by atoms with Gasteiger partial charge in [0, 0.05) is 6.20 Å². The molecule has 180 valence electrons. The lowest BCUT2D eigenvalue weighted by Gasteiger charge is -2.13. The lowest BCUT2D eigenvalue weighted by atomic mass is 10.1. The first-order valence-corrected chi connectivity index (χ1v) is 12.3. The first-order chi connectivity index (χ1) is 16.1. The molecular formula is C27H38N2O4. The Bertz CT molecular complexity index is 854. The molecule has 6 heteroatoms. The minimum atomic E-state index is -1.19. The number of hydrogen-bond acceptors (Lipinski definition) is 4. The zero-order valence-electron chi connectivity index (χ0n) is 19.9. The van der Waals surface area contributed by atoms with Crippen LogP contribution in [0.2, 0.25) is 0 Å². The van der Waals surface area contributed by atoms with Gasteiger partial charge in [0.2, 0.25) is 0 Å². The molecule has 0 aliphatic carbocycles. The van der Waals surface area contributed by atoms with Crippen molar-refractivity contribution in [3.05, 3.63) is 53.9 Å². The number of pyridine rings is 1. The fraction of sp³-hybridized carbons (Fsp3) is 0.519. The Balaban J connectivity index is 1.67. The summed E-state index contributed by atoms with van der Waals surface area (Å²) in [6.45, 7) is 2.83. The van der Waals surface area contributed by atoms with Gasteiger partial charge in [-0.05, 0) is 30.7 Å². The third-order valence-electron chi connectivity index (χ3n) is 5.64. The molecule has 0 saturated carbocycles. The van der Waals surface area contributed by atoms with Gasteiger partial charge in [-0.25, -0.2) is 4.79 Å². The van der Waals surface area contributed by atoms with Crippen LogP contribution in [0, 0.1) is 0 Å². The van der Waals surface area contributed by atoms with E-state index in [0.29, 0.717) is 18.0 Å². The summed E-state index contributed by atoms with van der Waals surface area (Å²) in [5.41, 5.74) is 0.245. The van der Waals surface area contributed by atoms with Crippen LogP contribution >= 0.6 is 0 Å². The Hall–Kier alpha value is -2.89. The second kappa shape index (κ2) is 15.8. The van der Waals surface area contributed by atoms with Gasteiger partial charge in [0.1, 0.15) is 11.4 Å². The summed E-state index contributed by atoms with van der Waals surface area (Å²) in [6.07, 6.45) is 16.8. The second-order valence-corrected chi connectivity index (χ2v) is 8.39. The third-order valence-corrected chi connectivity index (χ3v) is 5.64. The molecule has 0 spiro atoms. The van der Waals surface area contributed by atoms with Crippen LogP contribution in [-0.2, 0) is 0 Å². The molecule has 1 heterocycles. The van der Waals surface area contributed by atoms with Gasteiger partial charge in [0.25, 0.3) is 5.91 Å². The molecule has 0 atom stereocenters. The molecule has 0 unspecified atom stereocenters. The van der Waals surface area contributed by atoms with Crippen molar-refractivity contribution in [2.24, 2.45) is 0 Å². The standard InChI is InChI=1S/C27H38N2O4/c1-2-3-4-5-6-7-8-9-10-11-12-15-21-33-24-19-14-13-18-23(24)29-26(30)25-22(27(31)32)17-16-20-28-25/h13-14,16-20H,2-12,15,21H2,1H3,(H,29,30)(H,31,32). The fourth-order valence-electron chi connectivity index (χ4n) is 3.76. The van der Waals surface area contributed by atoms with Crippen LogP contribution < -0.4 is 10.1 Å². The highest BCUT2D eigenvalue weighted by Gasteiger charge is 2.18. The van der Waals surface area contributed by atoms with Gasteiger partial charge >= 0.3 is 5.97 Å². The Morgan fingerprint density at radius 3 is 2.09 bits per heavy atom. The predicted molar refractivity (Wildman–Crippen MR) is 132 cm³/mol. The Morgan fingerprint density at radius 2 is 1.45 bits per heavy atom. The molecule has 1 amide bonds. The van der Waals surface area contributed by atoms with Gasteiger partial charge in [0.05, 0.1) is 17.9 Å². The minimum absolute atomic E-state index is 0.124. The van der Waals surface area contributed by atoms with Crippen LogP contribution in [0.15, 0.2) is 42.6 Å². The number of hydrogen-bond donors (Lipinski definition) is 2. The number of nitrogens with zero attached hydrogens (tertiary/aromatic N) is 1. The van der Waals surface area contributed by atoms with Crippen molar-refractivity contribution in [2.75, 3.05) is 11.9 Å². The number of ether oxygens (including phenoxy) is 1. The molecule has 0 radical (unpaired) electrons. The van der Waals surface area contributed by atoms with Crippen LogP contribution in [0.5, 0.6) is 5.75 Å². The molecule has 0 bridgehead atoms. The summed E-state index contributed by atoms with van der Waals surface area (Å²) in [7, 11) is 0. The van der Waals surface area contributed by atoms with Crippen molar-refractivity contribution >= 4 is 17.6 Å². The smallest absolute Gasteiger partial charge is 0.338 e. The number of carbonyl (C=O) groups is 2. The Labute approximate surface area is 197 Å². The number of carboxylic acids is 1. The van der Waals surface area contributed by atoms with Gasteiger partial charge in [-0.15, -0.1) is 0 Å². The summed E-state index contributed by atoms with van der Waals surface area (Å²) < 4.78 is 5.89. The number of amides is 1. The summed E-state index contributed by atoms with van der Waals surface area (Å²) in [4.78, 5) is 27.9. The van der Waals surface area contributed by atoms with Gasteiger partial charge in [-0.2, -0.15) is 0 Å². The van der Waals surface area contributed by atoms with Crippen molar-refractivity contribution in [3.63, 3.8) is 0 Å². The third kappa shape index (κ3) is 10.1. The molecule has 0 aliphatic heterocycles. The maximum atomic E-state index is 12.6. The van der Waals surface area contributed by atoms with Crippen molar-refractivity contribution in [2.45, 2.75) is 84.0 Å². The molecule has 0 fully saturated rings. The maximum absolute atomic E-state index is 12.6. The number of carbonyl (C=O) groups excluding carboxylic acids is 1. The van der Waals surface area contributed by atoms with Gasteiger partial charge in [-0.3, -0.25) is 9.78 Å². The first-order valence-electron chi connectivity index (χ1n) is 12.3. The van der Waals surface area contributed by atoms with E-state index in [1.165, 1.54) is 82.5 Å². The van der Waals surface area contributed by atoms with Crippen molar-refractivity contribution in [1.29, 1.82) is 0 Å². The van der Waals surface area contributed by atoms with Crippen LogP contribution in [-0.4, -0.2) is 28.6 Å². The molecule has 1 aromatic carbocycles. The Morgan fingerprint density at radius 1 is 0.848 bits per heavy atom. The van der Waals surface area contributed by atoms with E-state index in [-0.39, 0.29) is 11.3 Å². The molecule has 2 N–H and O–H groups in total. The van der Waals surface area contributed by atoms with Crippen molar-refractivity contribution in [1.82, 2.24) is 4.98 Å². The van der Waals surface area contributed by atoms with E-state index in [0.717, 1.165) is 12.8 Å².